The molecule has 116 valence electrons. The lowest BCUT2D eigenvalue weighted by molar-refractivity contribution is -0.114. The Labute approximate surface area is 141 Å². The molecule has 1 aliphatic carbocycles. The summed E-state index contributed by atoms with van der Waals surface area (Å²) < 4.78 is 0. The Hall–Kier alpha value is -1.56. The Bertz CT molecular complexity index is 673. The van der Waals surface area contributed by atoms with Gasteiger partial charge in [-0.15, -0.1) is 23.2 Å². The fourth-order valence-corrected chi connectivity index (χ4v) is 2.40. The van der Waals surface area contributed by atoms with Gasteiger partial charge in [-0.2, -0.15) is 0 Å². The van der Waals surface area contributed by atoms with Crippen molar-refractivity contribution in [2.24, 2.45) is 5.16 Å². The van der Waals surface area contributed by atoms with Crippen LogP contribution < -0.4 is 5.32 Å². The van der Waals surface area contributed by atoms with Crippen molar-refractivity contribution < 1.29 is 14.4 Å². The van der Waals surface area contributed by atoms with Crippen molar-refractivity contribution in [3.05, 3.63) is 40.9 Å². The van der Waals surface area contributed by atoms with Crippen LogP contribution in [-0.2, 0) is 9.63 Å². The molecule has 0 saturated carbocycles. The van der Waals surface area contributed by atoms with Gasteiger partial charge in [-0.25, -0.2) is 4.79 Å². The first-order valence-corrected chi connectivity index (χ1v) is 7.45. The van der Waals surface area contributed by atoms with E-state index in [4.69, 9.17) is 39.6 Å². The molecule has 2 atom stereocenters. The highest BCUT2D eigenvalue weighted by Gasteiger charge is 2.30. The topological polar surface area (TPSA) is 67.8 Å². The third-order valence-corrected chi connectivity index (χ3v) is 4.21. The molecule has 0 heterocycles. The molecular formula is C14H11Cl3N2O3. The summed E-state index contributed by atoms with van der Waals surface area (Å²) in [5.41, 5.74) is 1.54. The van der Waals surface area contributed by atoms with Gasteiger partial charge in [0, 0.05) is 0 Å². The van der Waals surface area contributed by atoms with Crippen LogP contribution in [0.15, 0.2) is 35.5 Å². The standard InChI is InChI=1S/C14H11Cl3N2O3/c1-7-2-3-9(8(15)6-7)18-14(21)22-19-10-4-5-11(20)13(17)12(10)16/h2-6,12-13H,1H3,(H,18,21). The van der Waals surface area contributed by atoms with E-state index in [0.29, 0.717) is 10.7 Å². The van der Waals surface area contributed by atoms with Crippen LogP contribution in [0.2, 0.25) is 5.02 Å². The lowest BCUT2D eigenvalue weighted by atomic mass is 10.0. The maximum atomic E-state index is 11.7. The molecule has 0 saturated heterocycles. The normalized spacial score (nSPS) is 22.7. The van der Waals surface area contributed by atoms with Gasteiger partial charge in [0.25, 0.3) is 0 Å². The molecule has 1 aliphatic rings. The minimum absolute atomic E-state index is 0.186. The van der Waals surface area contributed by atoms with E-state index < -0.39 is 16.8 Å². The number of carbonyl (C=O) groups is 2. The minimum atomic E-state index is -0.941. The molecule has 22 heavy (non-hydrogen) atoms. The Balaban J connectivity index is 2.02. The van der Waals surface area contributed by atoms with Crippen LogP contribution in [0.1, 0.15) is 5.56 Å². The van der Waals surface area contributed by atoms with E-state index in [-0.39, 0.29) is 11.5 Å². The number of hydrogen-bond acceptors (Lipinski definition) is 4. The van der Waals surface area contributed by atoms with Gasteiger partial charge in [0.05, 0.1) is 10.7 Å². The first-order chi connectivity index (χ1) is 10.4. The Morgan fingerprint density at radius 1 is 1.27 bits per heavy atom. The summed E-state index contributed by atoms with van der Waals surface area (Å²) in [5, 5.41) is 4.61. The number of aryl methyl sites for hydroxylation is 1. The zero-order chi connectivity index (χ0) is 16.3. The molecule has 2 rings (SSSR count). The van der Waals surface area contributed by atoms with E-state index in [9.17, 15) is 9.59 Å². The molecule has 0 spiro atoms. The van der Waals surface area contributed by atoms with Crippen LogP contribution in [0, 0.1) is 6.92 Å². The summed E-state index contributed by atoms with van der Waals surface area (Å²) in [6.45, 7) is 1.87. The maximum Gasteiger partial charge on any atom is 0.437 e. The Morgan fingerprint density at radius 2 is 2.00 bits per heavy atom. The van der Waals surface area contributed by atoms with Gasteiger partial charge in [0.1, 0.15) is 16.5 Å². The third kappa shape index (κ3) is 4.00. The average molecular weight is 362 g/mol. The minimum Gasteiger partial charge on any atom is -0.297 e. The van der Waals surface area contributed by atoms with Crippen molar-refractivity contribution in [3.63, 3.8) is 0 Å². The summed E-state index contributed by atoms with van der Waals surface area (Å²) in [6, 6.07) is 5.13. The average Bonchev–Trinajstić information content (AvgIpc) is 2.47. The van der Waals surface area contributed by atoms with Gasteiger partial charge >= 0.3 is 6.09 Å². The Kier molecular flexibility index (Phi) is 5.45. The van der Waals surface area contributed by atoms with Gasteiger partial charge in [-0.1, -0.05) is 22.8 Å². The Morgan fingerprint density at radius 3 is 2.68 bits per heavy atom. The number of ketones is 1. The second-order valence-electron chi connectivity index (χ2n) is 4.54. The highest BCUT2D eigenvalue weighted by molar-refractivity contribution is 6.47. The molecule has 0 aromatic heterocycles. The number of carbonyl (C=O) groups excluding carboxylic acids is 2. The molecule has 0 radical (unpaired) electrons. The van der Waals surface area contributed by atoms with Gasteiger partial charge in [-0.3, -0.25) is 14.9 Å². The van der Waals surface area contributed by atoms with Crippen LogP contribution in [0.4, 0.5) is 10.5 Å². The van der Waals surface area contributed by atoms with Crippen molar-refractivity contribution in [2.75, 3.05) is 5.32 Å². The molecule has 2 unspecified atom stereocenters. The molecule has 0 fully saturated rings. The molecule has 1 N–H and O–H groups in total. The zero-order valence-electron chi connectivity index (χ0n) is 11.3. The van der Waals surface area contributed by atoms with Gasteiger partial charge in [0.15, 0.2) is 5.78 Å². The summed E-state index contributed by atoms with van der Waals surface area (Å²) in [7, 11) is 0. The number of alkyl halides is 2. The highest BCUT2D eigenvalue weighted by Crippen LogP contribution is 2.23. The fourth-order valence-electron chi connectivity index (χ4n) is 1.67. The number of oxime groups is 1. The van der Waals surface area contributed by atoms with Crippen molar-refractivity contribution in [1.82, 2.24) is 0 Å². The summed E-state index contributed by atoms with van der Waals surface area (Å²) in [4.78, 5) is 27.7. The van der Waals surface area contributed by atoms with Crippen molar-refractivity contribution >= 4 is 58.1 Å². The summed E-state index contributed by atoms with van der Waals surface area (Å²) in [5.74, 6) is -0.323. The van der Waals surface area contributed by atoms with E-state index in [1.54, 1.807) is 18.2 Å². The number of allylic oxidation sites excluding steroid dienone is 2. The molecule has 0 aliphatic heterocycles. The maximum absolute atomic E-state index is 11.7. The SMILES string of the molecule is Cc1ccc(NC(=O)ON=C2C=CC(=O)C(Cl)C2Cl)c(Cl)c1. The quantitative estimate of drug-likeness (QED) is 0.493. The largest absolute Gasteiger partial charge is 0.437 e. The van der Waals surface area contributed by atoms with E-state index in [2.05, 4.69) is 10.5 Å². The molecule has 8 heteroatoms. The second kappa shape index (κ2) is 7.13. The molecule has 1 amide bonds. The lowest BCUT2D eigenvalue weighted by Gasteiger charge is -2.17. The molecule has 1 aromatic carbocycles. The number of nitrogens with zero attached hydrogens (tertiary/aromatic N) is 1. The summed E-state index contributed by atoms with van der Waals surface area (Å²) >= 11 is 17.7. The predicted octanol–water partition coefficient (Wildman–Crippen LogP) is 3.91. The van der Waals surface area contributed by atoms with E-state index in [1.165, 1.54) is 12.2 Å². The fraction of sp³-hybridized carbons (Fsp3) is 0.214. The van der Waals surface area contributed by atoms with E-state index >= 15 is 0 Å². The van der Waals surface area contributed by atoms with Crippen molar-refractivity contribution in [2.45, 2.75) is 17.7 Å². The number of rotatable bonds is 2. The lowest BCUT2D eigenvalue weighted by Crippen LogP contribution is -2.34. The number of benzene rings is 1. The highest BCUT2D eigenvalue weighted by atomic mass is 35.5. The van der Waals surface area contributed by atoms with Crippen molar-refractivity contribution in [1.29, 1.82) is 0 Å². The van der Waals surface area contributed by atoms with E-state index in [0.717, 1.165) is 5.56 Å². The first kappa shape index (κ1) is 16.8. The van der Waals surface area contributed by atoms with Gasteiger partial charge in [0.2, 0.25) is 0 Å². The molecule has 0 bridgehead atoms. The zero-order valence-corrected chi connectivity index (χ0v) is 13.6. The van der Waals surface area contributed by atoms with Crippen LogP contribution in [0.3, 0.4) is 0 Å². The number of nitrogens with one attached hydrogen (secondary N) is 1. The monoisotopic (exact) mass is 360 g/mol. The molecule has 1 aromatic rings. The smallest absolute Gasteiger partial charge is 0.297 e. The molecule has 5 nitrogen and oxygen atoms in total. The van der Waals surface area contributed by atoms with Gasteiger partial charge < -0.3 is 0 Å². The van der Waals surface area contributed by atoms with Crippen LogP contribution >= 0.6 is 34.8 Å². The number of amides is 1. The number of hydrogen-bond donors (Lipinski definition) is 1. The number of anilines is 1. The van der Waals surface area contributed by atoms with Crippen LogP contribution in [-0.4, -0.2) is 28.3 Å². The first-order valence-electron chi connectivity index (χ1n) is 6.20. The van der Waals surface area contributed by atoms with Crippen LogP contribution in [0.5, 0.6) is 0 Å². The third-order valence-electron chi connectivity index (χ3n) is 2.82. The number of halogens is 3. The van der Waals surface area contributed by atoms with Crippen molar-refractivity contribution in [3.8, 4) is 0 Å². The summed E-state index contributed by atoms with van der Waals surface area (Å²) in [6.07, 6.45) is 1.75. The predicted molar refractivity (Wildman–Crippen MR) is 87.2 cm³/mol. The van der Waals surface area contributed by atoms with Gasteiger partial charge in [-0.05, 0) is 36.8 Å². The second-order valence-corrected chi connectivity index (χ2v) is 5.89. The van der Waals surface area contributed by atoms with Crippen LogP contribution in [0.25, 0.3) is 0 Å². The van der Waals surface area contributed by atoms with E-state index in [1.807, 2.05) is 6.92 Å². The molecular weight excluding hydrogens is 351 g/mol.